The lowest BCUT2D eigenvalue weighted by Crippen LogP contribution is -2.30. The highest BCUT2D eigenvalue weighted by Crippen LogP contribution is 2.10. The molecule has 1 aliphatic heterocycles. The third kappa shape index (κ3) is 2.32. The van der Waals surface area contributed by atoms with Gasteiger partial charge in [0.05, 0.1) is 13.2 Å². The summed E-state index contributed by atoms with van der Waals surface area (Å²) < 4.78 is 9.32. The molecular formula is C7H11NO5. The third-order valence-electron chi connectivity index (χ3n) is 1.73. The van der Waals surface area contributed by atoms with Gasteiger partial charge in [0.25, 0.3) is 0 Å². The Morgan fingerprint density at radius 3 is 3.00 bits per heavy atom. The lowest BCUT2D eigenvalue weighted by molar-refractivity contribution is -0.144. The molecule has 0 aromatic rings. The highest BCUT2D eigenvalue weighted by Gasteiger charge is 2.35. The Morgan fingerprint density at radius 2 is 2.54 bits per heavy atom. The maximum absolute atomic E-state index is 11.0. The molecule has 1 aliphatic rings. The molecule has 0 aromatic carbocycles. The lowest BCUT2D eigenvalue weighted by atomic mass is 10.3. The largest absolute Gasteiger partial charge is 0.478 e. The predicted octanol–water partition coefficient (Wildman–Crippen LogP) is -0.462. The number of aliphatic carboxylic acids is 1. The number of nitrogens with zero attached hydrogens (tertiary/aromatic N) is 1. The van der Waals surface area contributed by atoms with Gasteiger partial charge in [-0.25, -0.2) is 9.59 Å². The minimum absolute atomic E-state index is 0.0948. The third-order valence-corrected chi connectivity index (χ3v) is 1.73. The molecule has 1 amide bonds. The van der Waals surface area contributed by atoms with Crippen molar-refractivity contribution in [2.75, 3.05) is 26.8 Å². The zero-order valence-electron chi connectivity index (χ0n) is 7.23. The summed E-state index contributed by atoms with van der Waals surface area (Å²) in [6.45, 7) is 0.831. The highest BCUT2D eigenvalue weighted by atomic mass is 16.6. The van der Waals surface area contributed by atoms with Gasteiger partial charge in [0, 0.05) is 13.7 Å². The Kier molecular flexibility index (Phi) is 3.07. The van der Waals surface area contributed by atoms with Gasteiger partial charge in [0.2, 0.25) is 6.10 Å². The molecule has 0 saturated carbocycles. The second-order valence-electron chi connectivity index (χ2n) is 2.65. The normalized spacial score (nSPS) is 21.8. The van der Waals surface area contributed by atoms with Gasteiger partial charge in [0.15, 0.2) is 0 Å². The fourth-order valence-corrected chi connectivity index (χ4v) is 1.02. The van der Waals surface area contributed by atoms with Crippen molar-refractivity contribution in [3.63, 3.8) is 0 Å². The fraction of sp³-hybridized carbons (Fsp3) is 0.714. The second-order valence-corrected chi connectivity index (χ2v) is 2.65. The zero-order chi connectivity index (χ0) is 9.84. The maximum atomic E-state index is 11.0. The number of rotatable bonds is 4. The van der Waals surface area contributed by atoms with Crippen molar-refractivity contribution in [2.45, 2.75) is 6.10 Å². The molecule has 0 bridgehead atoms. The van der Waals surface area contributed by atoms with Crippen molar-refractivity contribution >= 4 is 12.1 Å². The summed E-state index contributed by atoms with van der Waals surface area (Å²) in [7, 11) is 1.51. The van der Waals surface area contributed by atoms with Gasteiger partial charge in [-0.15, -0.1) is 0 Å². The average molecular weight is 189 g/mol. The van der Waals surface area contributed by atoms with Crippen LogP contribution in [0.3, 0.4) is 0 Å². The zero-order valence-corrected chi connectivity index (χ0v) is 7.23. The monoisotopic (exact) mass is 189 g/mol. The highest BCUT2D eigenvalue weighted by molar-refractivity contribution is 5.81. The summed E-state index contributed by atoms with van der Waals surface area (Å²) in [5.74, 6) is -1.12. The smallest absolute Gasteiger partial charge is 0.410 e. The van der Waals surface area contributed by atoms with Crippen LogP contribution in [0.15, 0.2) is 0 Å². The molecule has 0 aromatic heterocycles. The van der Waals surface area contributed by atoms with Crippen LogP contribution in [0.1, 0.15) is 0 Å². The molecule has 1 atom stereocenters. The van der Waals surface area contributed by atoms with Crippen LogP contribution in [0, 0.1) is 0 Å². The number of cyclic esters (lactones) is 1. The van der Waals surface area contributed by atoms with Crippen LogP contribution in [0.5, 0.6) is 0 Å². The maximum Gasteiger partial charge on any atom is 0.410 e. The molecular weight excluding hydrogens is 178 g/mol. The SMILES string of the molecule is COCCN1CC(C(=O)O)OC1=O. The standard InChI is InChI=1S/C7H11NO5/c1-12-3-2-8-4-5(6(9)10)13-7(8)11/h5H,2-4H2,1H3,(H,9,10). The average Bonchev–Trinajstić information content (AvgIpc) is 2.44. The number of carbonyl (C=O) groups is 2. The first kappa shape index (κ1) is 9.79. The lowest BCUT2D eigenvalue weighted by Gasteiger charge is -2.10. The Hall–Kier alpha value is -1.30. The van der Waals surface area contributed by atoms with Crippen molar-refractivity contribution in [1.29, 1.82) is 0 Å². The van der Waals surface area contributed by atoms with Crippen LogP contribution in [0.25, 0.3) is 0 Å². The van der Waals surface area contributed by atoms with Crippen LogP contribution < -0.4 is 0 Å². The van der Waals surface area contributed by atoms with E-state index in [1.807, 2.05) is 0 Å². The van der Waals surface area contributed by atoms with Crippen LogP contribution in [-0.2, 0) is 14.3 Å². The van der Waals surface area contributed by atoms with E-state index in [2.05, 4.69) is 4.74 Å². The van der Waals surface area contributed by atoms with Gasteiger partial charge in [-0.05, 0) is 0 Å². The summed E-state index contributed by atoms with van der Waals surface area (Å²) in [5.41, 5.74) is 0. The van der Waals surface area contributed by atoms with Gasteiger partial charge in [-0.1, -0.05) is 0 Å². The molecule has 1 rings (SSSR count). The van der Waals surface area contributed by atoms with E-state index in [1.54, 1.807) is 0 Å². The second kappa shape index (κ2) is 4.08. The topological polar surface area (TPSA) is 76.1 Å². The van der Waals surface area contributed by atoms with E-state index in [1.165, 1.54) is 12.0 Å². The van der Waals surface area contributed by atoms with E-state index in [0.29, 0.717) is 13.2 Å². The van der Waals surface area contributed by atoms with Gasteiger partial charge >= 0.3 is 12.1 Å². The minimum atomic E-state index is -1.12. The molecule has 1 saturated heterocycles. The van der Waals surface area contributed by atoms with E-state index in [-0.39, 0.29) is 6.54 Å². The number of hydrogen-bond acceptors (Lipinski definition) is 4. The van der Waals surface area contributed by atoms with E-state index in [4.69, 9.17) is 9.84 Å². The molecule has 6 nitrogen and oxygen atoms in total. The summed E-state index contributed by atoms with van der Waals surface area (Å²) in [6, 6.07) is 0. The molecule has 0 aliphatic carbocycles. The molecule has 1 heterocycles. The number of carboxylic acid groups (broad SMARTS) is 1. The Labute approximate surface area is 75.0 Å². The summed E-state index contributed by atoms with van der Waals surface area (Å²) >= 11 is 0. The van der Waals surface area contributed by atoms with Crippen LogP contribution in [-0.4, -0.2) is 55.0 Å². The molecule has 1 fully saturated rings. The first-order valence-corrected chi connectivity index (χ1v) is 3.82. The molecule has 0 spiro atoms. The summed E-state index contributed by atoms with van der Waals surface area (Å²) in [4.78, 5) is 22.7. The van der Waals surface area contributed by atoms with E-state index in [9.17, 15) is 9.59 Å². The van der Waals surface area contributed by atoms with Crippen molar-refractivity contribution in [1.82, 2.24) is 4.90 Å². The van der Waals surface area contributed by atoms with Crippen LogP contribution in [0.4, 0.5) is 4.79 Å². The first-order valence-electron chi connectivity index (χ1n) is 3.82. The van der Waals surface area contributed by atoms with Gasteiger partial charge < -0.3 is 19.5 Å². The first-order chi connectivity index (χ1) is 6.15. The Bertz CT molecular complexity index is 217. The number of ether oxygens (including phenoxy) is 2. The molecule has 1 N–H and O–H groups in total. The number of amides is 1. The number of hydrogen-bond donors (Lipinski definition) is 1. The van der Waals surface area contributed by atoms with E-state index < -0.39 is 18.2 Å². The summed E-state index contributed by atoms with van der Waals surface area (Å²) in [5, 5.41) is 8.54. The van der Waals surface area contributed by atoms with E-state index in [0.717, 1.165) is 0 Å². The van der Waals surface area contributed by atoms with Crippen LogP contribution in [0.2, 0.25) is 0 Å². The quantitative estimate of drug-likeness (QED) is 0.647. The summed E-state index contributed by atoms with van der Waals surface area (Å²) in [6.07, 6.45) is -1.63. The molecule has 1 unspecified atom stereocenters. The van der Waals surface area contributed by atoms with Gasteiger partial charge in [-0.2, -0.15) is 0 Å². The van der Waals surface area contributed by atoms with Gasteiger partial charge in [0.1, 0.15) is 0 Å². The van der Waals surface area contributed by atoms with Crippen molar-refractivity contribution in [3.05, 3.63) is 0 Å². The Morgan fingerprint density at radius 1 is 1.85 bits per heavy atom. The fourth-order valence-electron chi connectivity index (χ4n) is 1.02. The number of carbonyl (C=O) groups excluding carboxylic acids is 1. The predicted molar refractivity (Wildman–Crippen MR) is 41.4 cm³/mol. The van der Waals surface area contributed by atoms with Crippen molar-refractivity contribution in [2.24, 2.45) is 0 Å². The van der Waals surface area contributed by atoms with Gasteiger partial charge in [-0.3, -0.25) is 0 Å². The minimum Gasteiger partial charge on any atom is -0.478 e. The Balaban J connectivity index is 2.42. The van der Waals surface area contributed by atoms with Crippen molar-refractivity contribution < 1.29 is 24.2 Å². The van der Waals surface area contributed by atoms with E-state index >= 15 is 0 Å². The van der Waals surface area contributed by atoms with Crippen molar-refractivity contribution in [3.8, 4) is 0 Å². The number of methoxy groups -OCH3 is 1. The molecule has 0 radical (unpaired) electrons. The molecule has 13 heavy (non-hydrogen) atoms. The number of carboxylic acids is 1. The molecule has 74 valence electrons. The molecule has 6 heteroatoms. The van der Waals surface area contributed by atoms with Crippen LogP contribution >= 0.6 is 0 Å².